The Balaban J connectivity index is 1.95. The van der Waals surface area contributed by atoms with Crippen LogP contribution in [-0.2, 0) is 14.6 Å². The van der Waals surface area contributed by atoms with Crippen molar-refractivity contribution in [3.8, 4) is 5.75 Å². The van der Waals surface area contributed by atoms with E-state index in [0.29, 0.717) is 11.8 Å². The monoisotopic (exact) mass is 417 g/mol. The predicted octanol–water partition coefficient (Wildman–Crippen LogP) is 1.89. The molecule has 2 aromatic carbocycles. The third kappa shape index (κ3) is 3.91. The van der Waals surface area contributed by atoms with Crippen LogP contribution in [0.3, 0.4) is 0 Å². The van der Waals surface area contributed by atoms with Crippen molar-refractivity contribution in [1.82, 2.24) is 0 Å². The fourth-order valence-corrected chi connectivity index (χ4v) is 3.42. The Morgan fingerprint density at radius 3 is 2.48 bits per heavy atom. The smallest absolute Gasteiger partial charge is 0.301 e. The summed E-state index contributed by atoms with van der Waals surface area (Å²) in [6.45, 7) is 1.55. The number of hydrogen-bond donors (Lipinski definition) is 2. The van der Waals surface area contributed by atoms with Crippen LogP contribution in [0.1, 0.15) is 6.92 Å². The van der Waals surface area contributed by atoms with Crippen molar-refractivity contribution in [1.29, 1.82) is 0 Å². The minimum atomic E-state index is -3.96. The molecular formula is C17H15N5O6S. The van der Waals surface area contributed by atoms with Crippen LogP contribution in [0.4, 0.5) is 17.1 Å². The zero-order valence-electron chi connectivity index (χ0n) is 15.2. The first kappa shape index (κ1) is 19.9. The van der Waals surface area contributed by atoms with E-state index in [4.69, 9.17) is 0 Å². The lowest BCUT2D eigenvalue weighted by atomic mass is 10.2. The number of nitro benzene ring substituents is 1. The number of amides is 1. The number of rotatable bonds is 5. The largest absolute Gasteiger partial charge is 0.505 e. The zero-order valence-corrected chi connectivity index (χ0v) is 16.0. The van der Waals surface area contributed by atoms with Crippen molar-refractivity contribution in [2.24, 2.45) is 10.2 Å². The number of phenols is 1. The van der Waals surface area contributed by atoms with Crippen molar-refractivity contribution in [3.63, 3.8) is 0 Å². The Kier molecular flexibility index (Phi) is 5.03. The maximum atomic E-state index is 12.6. The van der Waals surface area contributed by atoms with E-state index in [1.807, 2.05) is 0 Å². The maximum absolute atomic E-state index is 12.6. The number of carbonyl (C=O) groups is 1. The molecule has 1 aliphatic rings. The topological polar surface area (TPSA) is 155 Å². The molecule has 1 amide bonds. The van der Waals surface area contributed by atoms with E-state index in [1.54, 1.807) is 37.3 Å². The van der Waals surface area contributed by atoms with Crippen molar-refractivity contribution in [3.05, 3.63) is 52.6 Å². The molecule has 0 radical (unpaired) electrons. The molecule has 0 unspecified atom stereocenters. The summed E-state index contributed by atoms with van der Waals surface area (Å²) >= 11 is 0. The second-order valence-corrected chi connectivity index (χ2v) is 8.06. The highest BCUT2D eigenvalue weighted by molar-refractivity contribution is 7.90. The molecule has 150 valence electrons. The molecule has 3 rings (SSSR count). The van der Waals surface area contributed by atoms with E-state index >= 15 is 0 Å². The van der Waals surface area contributed by atoms with Gasteiger partial charge in [-0.15, -0.1) is 0 Å². The van der Waals surface area contributed by atoms with Crippen LogP contribution in [0, 0.1) is 10.1 Å². The molecule has 0 saturated carbocycles. The fraction of sp³-hybridized carbons (Fsp3) is 0.118. The van der Waals surface area contributed by atoms with Gasteiger partial charge in [-0.1, -0.05) is 18.2 Å². The van der Waals surface area contributed by atoms with Crippen LogP contribution in [0.25, 0.3) is 0 Å². The number of aromatic hydroxyl groups is 1. The van der Waals surface area contributed by atoms with Gasteiger partial charge in [0.25, 0.3) is 5.69 Å². The normalized spacial score (nSPS) is 15.5. The van der Waals surface area contributed by atoms with Crippen molar-refractivity contribution >= 4 is 44.2 Å². The second-order valence-electron chi connectivity index (χ2n) is 6.08. The number of benzene rings is 2. The minimum absolute atomic E-state index is 0.0625. The molecule has 1 heterocycles. The number of hydrogen-bond acceptors (Lipinski definition) is 9. The minimum Gasteiger partial charge on any atom is -0.505 e. The Labute approximate surface area is 165 Å². The average Bonchev–Trinajstić information content (AvgIpc) is 2.94. The molecule has 0 fully saturated rings. The van der Waals surface area contributed by atoms with Gasteiger partial charge in [0.05, 0.1) is 28.1 Å². The summed E-state index contributed by atoms with van der Waals surface area (Å²) in [6, 6.07) is 10.2. The highest BCUT2D eigenvalue weighted by atomic mass is 32.2. The summed E-state index contributed by atoms with van der Waals surface area (Å²) in [6.07, 6.45) is 0.803. The molecule has 0 saturated heterocycles. The Morgan fingerprint density at radius 1 is 1.24 bits per heavy atom. The molecule has 0 aromatic heterocycles. The number of nitrogens with zero attached hydrogens (tertiary/aromatic N) is 4. The van der Waals surface area contributed by atoms with Crippen LogP contribution >= 0.6 is 0 Å². The van der Waals surface area contributed by atoms with E-state index in [1.165, 1.54) is 0 Å². The first-order valence-electron chi connectivity index (χ1n) is 8.10. The fourth-order valence-electron chi connectivity index (χ4n) is 2.57. The van der Waals surface area contributed by atoms with Crippen LogP contribution in [0.15, 0.2) is 57.6 Å². The molecule has 0 bridgehead atoms. The van der Waals surface area contributed by atoms with Crippen molar-refractivity contribution < 1.29 is 23.2 Å². The van der Waals surface area contributed by atoms with Gasteiger partial charge in [0.1, 0.15) is 10.6 Å². The lowest BCUT2D eigenvalue weighted by Crippen LogP contribution is -2.27. The van der Waals surface area contributed by atoms with Crippen LogP contribution in [-0.4, -0.2) is 42.0 Å². The molecule has 29 heavy (non-hydrogen) atoms. The van der Waals surface area contributed by atoms with E-state index in [2.05, 4.69) is 15.6 Å². The molecule has 2 N–H and O–H groups in total. The third-order valence-corrected chi connectivity index (χ3v) is 5.08. The Hall–Kier alpha value is -3.80. The quantitative estimate of drug-likeness (QED) is 0.427. The Morgan fingerprint density at radius 2 is 1.90 bits per heavy atom. The molecule has 2 aromatic rings. The highest BCUT2D eigenvalue weighted by Gasteiger charge is 2.31. The van der Waals surface area contributed by atoms with Crippen molar-refractivity contribution in [2.75, 3.05) is 16.7 Å². The van der Waals surface area contributed by atoms with Gasteiger partial charge < -0.3 is 5.11 Å². The predicted molar refractivity (Wildman–Crippen MR) is 106 cm³/mol. The zero-order chi connectivity index (χ0) is 21.3. The van der Waals surface area contributed by atoms with Gasteiger partial charge in [0.15, 0.2) is 15.5 Å². The number of nitro groups is 1. The van der Waals surface area contributed by atoms with E-state index in [9.17, 15) is 28.4 Å². The molecule has 11 nitrogen and oxygen atoms in total. The summed E-state index contributed by atoms with van der Waals surface area (Å²) in [5, 5.41) is 30.3. The van der Waals surface area contributed by atoms with Gasteiger partial charge in [0, 0.05) is 6.26 Å². The number of phenolic OH excluding ortho intramolecular Hbond substituents is 1. The first-order chi connectivity index (χ1) is 13.6. The van der Waals surface area contributed by atoms with Gasteiger partial charge in [-0.2, -0.15) is 15.2 Å². The number of carbonyl (C=O) groups excluding carboxylic acids is 1. The molecule has 0 spiro atoms. The van der Waals surface area contributed by atoms with Crippen LogP contribution in [0.5, 0.6) is 5.75 Å². The number of para-hydroxylation sites is 1. The summed E-state index contributed by atoms with van der Waals surface area (Å²) in [5.41, 5.74) is 2.15. The second kappa shape index (κ2) is 7.31. The average molecular weight is 417 g/mol. The molecule has 12 heteroatoms. The lowest BCUT2D eigenvalue weighted by molar-refractivity contribution is -0.387. The number of nitrogens with one attached hydrogen (secondary N) is 1. The maximum Gasteiger partial charge on any atom is 0.301 e. The van der Waals surface area contributed by atoms with Crippen molar-refractivity contribution in [2.45, 2.75) is 11.8 Å². The molecular weight excluding hydrogens is 402 g/mol. The Bertz CT molecular complexity index is 1170. The summed E-state index contributed by atoms with van der Waals surface area (Å²) in [4.78, 5) is 22.1. The van der Waals surface area contributed by atoms with Gasteiger partial charge in [0.2, 0.25) is 0 Å². The lowest BCUT2D eigenvalue weighted by Gasteiger charge is -2.11. The molecule has 0 aliphatic carbocycles. The van der Waals surface area contributed by atoms with E-state index in [-0.39, 0.29) is 17.1 Å². The van der Waals surface area contributed by atoms with Crippen LogP contribution < -0.4 is 10.4 Å². The third-order valence-electron chi connectivity index (χ3n) is 3.95. The SMILES string of the molecule is CC1=NN(c2ccccc2)C(=O)/C1=N/Nc1cc(S(C)(=O)=O)c([N+](=O)[O-])cc1O. The van der Waals surface area contributed by atoms with Gasteiger partial charge in [-0.25, -0.2) is 8.42 Å². The number of anilines is 2. The van der Waals surface area contributed by atoms with Crippen LogP contribution in [0.2, 0.25) is 0 Å². The molecule has 0 atom stereocenters. The summed E-state index contributed by atoms with van der Waals surface area (Å²) in [7, 11) is -3.96. The van der Waals surface area contributed by atoms with Gasteiger partial charge in [-0.05, 0) is 25.1 Å². The van der Waals surface area contributed by atoms with Gasteiger partial charge in [-0.3, -0.25) is 20.3 Å². The van der Waals surface area contributed by atoms with E-state index in [0.717, 1.165) is 17.3 Å². The van der Waals surface area contributed by atoms with Gasteiger partial charge >= 0.3 is 5.91 Å². The van der Waals surface area contributed by atoms with E-state index < -0.39 is 37.0 Å². The standard InChI is InChI=1S/C17H15N5O6S/c1-10-16(17(24)21(20-10)11-6-4-3-5-7-11)19-18-12-8-15(29(2,27)28)13(22(25)26)9-14(12)23/h3-9,18,23H,1-2H3/b19-16+. The first-order valence-corrected chi connectivity index (χ1v) is 9.99. The number of sulfone groups is 1. The number of hydrazone groups is 2. The molecule has 1 aliphatic heterocycles. The summed E-state index contributed by atoms with van der Waals surface area (Å²) < 4.78 is 23.7. The highest BCUT2D eigenvalue weighted by Crippen LogP contribution is 2.34. The summed E-state index contributed by atoms with van der Waals surface area (Å²) in [5.74, 6) is -1.14.